The minimum absolute atomic E-state index is 0.103. The van der Waals surface area contributed by atoms with Crippen LogP contribution in [0.5, 0.6) is 5.75 Å². The third-order valence-electron chi connectivity index (χ3n) is 6.59. The van der Waals surface area contributed by atoms with Crippen LogP contribution in [0.2, 0.25) is 0 Å². The van der Waals surface area contributed by atoms with E-state index in [1.807, 2.05) is 36.9 Å². The molecule has 0 aromatic heterocycles. The number of benzene rings is 1. The number of amides is 1. The van der Waals surface area contributed by atoms with Gasteiger partial charge in [0.2, 0.25) is 5.91 Å². The molecule has 2 aliphatic rings. The standard InChI is InChI=1S/C22H36N4O4S/c1-17-10-11-21(30-4)20(16-17)23-22(27)18(2)25-12-14-26(15-13-25)31(28,29)24(3)19-8-6-5-7-9-19/h10-11,16,18-19H,5-9,12-15H2,1-4H3,(H,23,27). The fraction of sp³-hybridized carbons (Fsp3) is 0.682. The lowest BCUT2D eigenvalue weighted by Gasteiger charge is -2.40. The average molecular weight is 453 g/mol. The summed E-state index contributed by atoms with van der Waals surface area (Å²) in [5.41, 5.74) is 1.68. The molecule has 1 saturated heterocycles. The number of rotatable bonds is 7. The zero-order chi connectivity index (χ0) is 22.6. The van der Waals surface area contributed by atoms with Gasteiger partial charge in [-0.1, -0.05) is 25.3 Å². The van der Waals surface area contributed by atoms with E-state index in [4.69, 9.17) is 4.74 Å². The number of nitrogens with zero attached hydrogens (tertiary/aromatic N) is 3. The zero-order valence-corrected chi connectivity index (χ0v) is 20.0. The van der Waals surface area contributed by atoms with Gasteiger partial charge in [-0.05, 0) is 44.4 Å². The maximum absolute atomic E-state index is 13.1. The summed E-state index contributed by atoms with van der Waals surface area (Å²) in [6, 6.07) is 5.39. The fourth-order valence-electron chi connectivity index (χ4n) is 4.46. The van der Waals surface area contributed by atoms with E-state index < -0.39 is 10.2 Å². The van der Waals surface area contributed by atoms with Crippen LogP contribution >= 0.6 is 0 Å². The molecule has 9 heteroatoms. The van der Waals surface area contributed by atoms with E-state index in [0.29, 0.717) is 37.6 Å². The van der Waals surface area contributed by atoms with Gasteiger partial charge in [0.15, 0.2) is 0 Å². The largest absolute Gasteiger partial charge is 0.495 e. The molecule has 1 unspecified atom stereocenters. The number of nitrogens with one attached hydrogen (secondary N) is 1. The number of ether oxygens (including phenoxy) is 1. The van der Waals surface area contributed by atoms with Crippen LogP contribution in [0.3, 0.4) is 0 Å². The number of piperazine rings is 1. The quantitative estimate of drug-likeness (QED) is 0.687. The summed E-state index contributed by atoms with van der Waals surface area (Å²) < 4.78 is 34.6. The van der Waals surface area contributed by atoms with Crippen LogP contribution in [0.1, 0.15) is 44.6 Å². The van der Waals surface area contributed by atoms with E-state index in [0.717, 1.165) is 31.2 Å². The van der Waals surface area contributed by atoms with Gasteiger partial charge in [-0.15, -0.1) is 0 Å². The molecule has 3 rings (SSSR count). The monoisotopic (exact) mass is 452 g/mol. The molecule has 1 aromatic rings. The molecule has 1 amide bonds. The lowest BCUT2D eigenvalue weighted by atomic mass is 9.96. The van der Waals surface area contributed by atoms with Gasteiger partial charge in [-0.3, -0.25) is 9.69 Å². The number of hydrogen-bond donors (Lipinski definition) is 1. The van der Waals surface area contributed by atoms with Gasteiger partial charge in [0.1, 0.15) is 5.75 Å². The molecule has 0 radical (unpaired) electrons. The van der Waals surface area contributed by atoms with Crippen LogP contribution in [0.15, 0.2) is 18.2 Å². The van der Waals surface area contributed by atoms with Crippen molar-refractivity contribution in [3.05, 3.63) is 23.8 Å². The Labute approximate surface area is 186 Å². The lowest BCUT2D eigenvalue weighted by molar-refractivity contribution is -0.121. The van der Waals surface area contributed by atoms with E-state index in [1.165, 1.54) is 6.42 Å². The summed E-state index contributed by atoms with van der Waals surface area (Å²) >= 11 is 0. The van der Waals surface area contributed by atoms with Crippen LogP contribution in [0.25, 0.3) is 0 Å². The van der Waals surface area contributed by atoms with Gasteiger partial charge in [-0.25, -0.2) is 0 Å². The Hall–Kier alpha value is -1.68. The van der Waals surface area contributed by atoms with Crippen molar-refractivity contribution >= 4 is 21.8 Å². The van der Waals surface area contributed by atoms with Gasteiger partial charge < -0.3 is 10.1 Å². The van der Waals surface area contributed by atoms with Crippen LogP contribution in [-0.4, -0.2) is 80.3 Å². The number of anilines is 1. The predicted octanol–water partition coefficient (Wildman–Crippen LogP) is 2.46. The first-order valence-corrected chi connectivity index (χ1v) is 12.6. The smallest absolute Gasteiger partial charge is 0.282 e. The molecule has 1 aromatic carbocycles. The Morgan fingerprint density at radius 1 is 1.16 bits per heavy atom. The van der Waals surface area contributed by atoms with E-state index in [1.54, 1.807) is 22.8 Å². The zero-order valence-electron chi connectivity index (χ0n) is 19.1. The Morgan fingerprint density at radius 3 is 2.42 bits per heavy atom. The lowest BCUT2D eigenvalue weighted by Crippen LogP contribution is -2.57. The summed E-state index contributed by atoms with van der Waals surface area (Å²) in [5, 5.41) is 2.96. The molecule has 0 spiro atoms. The van der Waals surface area contributed by atoms with Crippen molar-refractivity contribution < 1.29 is 17.9 Å². The maximum atomic E-state index is 13.1. The van der Waals surface area contributed by atoms with Gasteiger partial charge in [0.25, 0.3) is 10.2 Å². The van der Waals surface area contributed by atoms with Crippen molar-refractivity contribution in [2.24, 2.45) is 0 Å². The predicted molar refractivity (Wildman–Crippen MR) is 123 cm³/mol. The van der Waals surface area contributed by atoms with E-state index in [2.05, 4.69) is 5.32 Å². The molecule has 8 nitrogen and oxygen atoms in total. The van der Waals surface area contributed by atoms with E-state index >= 15 is 0 Å². The minimum Gasteiger partial charge on any atom is -0.495 e. The van der Waals surface area contributed by atoms with Crippen molar-refractivity contribution in [2.45, 2.75) is 58.0 Å². The molecular weight excluding hydrogens is 416 g/mol. The molecule has 31 heavy (non-hydrogen) atoms. The van der Waals surface area contributed by atoms with Gasteiger partial charge in [0.05, 0.1) is 18.8 Å². The second kappa shape index (κ2) is 10.3. The molecule has 1 aliphatic heterocycles. The molecule has 0 bridgehead atoms. The Balaban J connectivity index is 1.57. The minimum atomic E-state index is -3.47. The number of aryl methyl sites for hydroxylation is 1. The van der Waals surface area contributed by atoms with Crippen LogP contribution in [0.4, 0.5) is 5.69 Å². The average Bonchev–Trinajstić information content (AvgIpc) is 2.78. The second-order valence-corrected chi connectivity index (χ2v) is 10.6. The second-order valence-electron chi connectivity index (χ2n) is 8.62. The third-order valence-corrected chi connectivity index (χ3v) is 8.64. The fourth-order valence-corrected chi connectivity index (χ4v) is 6.04. The topological polar surface area (TPSA) is 82.2 Å². The molecule has 1 N–H and O–H groups in total. The Morgan fingerprint density at radius 2 is 1.81 bits per heavy atom. The molecule has 1 aliphatic carbocycles. The van der Waals surface area contributed by atoms with Gasteiger partial charge in [0, 0.05) is 39.3 Å². The SMILES string of the molecule is COc1ccc(C)cc1NC(=O)C(C)N1CCN(S(=O)(=O)N(C)C2CCCCC2)CC1. The number of carbonyl (C=O) groups is 1. The number of methoxy groups -OCH3 is 1. The highest BCUT2D eigenvalue weighted by molar-refractivity contribution is 7.86. The third kappa shape index (κ3) is 5.58. The highest BCUT2D eigenvalue weighted by Crippen LogP contribution is 2.27. The first-order valence-electron chi connectivity index (χ1n) is 11.2. The van der Waals surface area contributed by atoms with Crippen LogP contribution < -0.4 is 10.1 Å². The molecule has 174 valence electrons. The van der Waals surface area contributed by atoms with Crippen molar-refractivity contribution in [3.63, 3.8) is 0 Å². The molecule has 1 heterocycles. The highest BCUT2D eigenvalue weighted by Gasteiger charge is 2.36. The van der Waals surface area contributed by atoms with Crippen molar-refractivity contribution in [1.82, 2.24) is 13.5 Å². The Kier molecular flexibility index (Phi) is 7.96. The number of carbonyl (C=O) groups excluding carboxylic acids is 1. The van der Waals surface area contributed by atoms with E-state index in [-0.39, 0.29) is 18.0 Å². The highest BCUT2D eigenvalue weighted by atomic mass is 32.2. The van der Waals surface area contributed by atoms with Gasteiger partial charge >= 0.3 is 0 Å². The van der Waals surface area contributed by atoms with E-state index in [9.17, 15) is 13.2 Å². The summed E-state index contributed by atoms with van der Waals surface area (Å²) in [6.07, 6.45) is 5.26. The first kappa shape index (κ1) is 24.0. The summed E-state index contributed by atoms with van der Waals surface area (Å²) in [4.78, 5) is 14.9. The summed E-state index contributed by atoms with van der Waals surface area (Å²) in [7, 11) is -0.182. The first-order chi connectivity index (χ1) is 14.7. The molecule has 1 saturated carbocycles. The van der Waals surface area contributed by atoms with Crippen LogP contribution in [-0.2, 0) is 15.0 Å². The Bertz CT molecular complexity index is 862. The normalized spacial score (nSPS) is 20.5. The molecule has 1 atom stereocenters. The summed E-state index contributed by atoms with van der Waals surface area (Å²) in [5.74, 6) is 0.493. The van der Waals surface area contributed by atoms with Crippen molar-refractivity contribution in [2.75, 3.05) is 45.7 Å². The van der Waals surface area contributed by atoms with Crippen molar-refractivity contribution in [1.29, 1.82) is 0 Å². The van der Waals surface area contributed by atoms with Crippen molar-refractivity contribution in [3.8, 4) is 5.75 Å². The molecular formula is C22H36N4O4S. The summed E-state index contributed by atoms with van der Waals surface area (Å²) in [6.45, 7) is 5.66. The molecule has 2 fully saturated rings. The van der Waals surface area contributed by atoms with Gasteiger partial charge in [-0.2, -0.15) is 17.0 Å². The maximum Gasteiger partial charge on any atom is 0.282 e. The van der Waals surface area contributed by atoms with Crippen LogP contribution in [0, 0.1) is 6.92 Å². The number of hydrogen-bond acceptors (Lipinski definition) is 5.